The molecule has 2 heterocycles. The van der Waals surface area contributed by atoms with Gasteiger partial charge < -0.3 is 14.8 Å². The van der Waals surface area contributed by atoms with Crippen molar-refractivity contribution >= 4 is 0 Å². The van der Waals surface area contributed by atoms with Gasteiger partial charge in [-0.15, -0.1) is 0 Å². The summed E-state index contributed by atoms with van der Waals surface area (Å²) in [6.45, 7) is 2.30. The molecule has 0 bridgehead atoms. The number of rotatable bonds is 3. The van der Waals surface area contributed by atoms with Gasteiger partial charge in [0.15, 0.2) is 5.82 Å². The Labute approximate surface area is 81.5 Å². The van der Waals surface area contributed by atoms with Crippen LogP contribution in [-0.4, -0.2) is 14.7 Å². The first kappa shape index (κ1) is 8.96. The minimum Gasteiger partial charge on any atom is -0.342 e. The lowest BCUT2D eigenvalue weighted by atomic mass is 10.3. The second-order valence-electron chi connectivity index (χ2n) is 3.06. The van der Waals surface area contributed by atoms with E-state index in [4.69, 9.17) is 10.3 Å². The van der Waals surface area contributed by atoms with Crippen molar-refractivity contribution in [3.63, 3.8) is 0 Å². The van der Waals surface area contributed by atoms with Crippen LogP contribution < -0.4 is 5.73 Å². The highest BCUT2D eigenvalue weighted by molar-refractivity contribution is 4.99. The number of nitrogens with two attached hydrogens (primary N) is 1. The van der Waals surface area contributed by atoms with E-state index in [-0.39, 0.29) is 6.04 Å². The van der Waals surface area contributed by atoms with Crippen LogP contribution in [0.3, 0.4) is 0 Å². The van der Waals surface area contributed by atoms with Gasteiger partial charge in [-0.05, 0) is 19.1 Å². The van der Waals surface area contributed by atoms with E-state index in [0.717, 1.165) is 0 Å². The van der Waals surface area contributed by atoms with Crippen molar-refractivity contribution in [3.8, 4) is 0 Å². The minimum atomic E-state index is 0.0535. The third-order valence-corrected chi connectivity index (χ3v) is 2.10. The molecule has 0 unspecified atom stereocenters. The molecule has 0 fully saturated rings. The Hall–Kier alpha value is -1.62. The normalized spacial score (nSPS) is 13.0. The molecule has 74 valence electrons. The summed E-state index contributed by atoms with van der Waals surface area (Å²) in [7, 11) is 0. The molecular weight excluding hydrogens is 180 g/mol. The molecule has 0 radical (unpaired) electrons. The first-order chi connectivity index (χ1) is 6.81. The molecule has 0 saturated heterocycles. The van der Waals surface area contributed by atoms with E-state index >= 15 is 0 Å². The average molecular weight is 192 g/mol. The smallest absolute Gasteiger partial charge is 0.249 e. The molecule has 0 aliphatic rings. The monoisotopic (exact) mass is 192 g/mol. The van der Waals surface area contributed by atoms with E-state index in [1.54, 1.807) is 0 Å². The van der Waals surface area contributed by atoms with Gasteiger partial charge in [0.25, 0.3) is 0 Å². The van der Waals surface area contributed by atoms with Crippen LogP contribution in [0.4, 0.5) is 0 Å². The first-order valence-corrected chi connectivity index (χ1v) is 4.46. The average Bonchev–Trinajstić information content (AvgIpc) is 2.88. The van der Waals surface area contributed by atoms with Gasteiger partial charge in [0.2, 0.25) is 5.89 Å². The Morgan fingerprint density at radius 2 is 2.21 bits per heavy atom. The first-order valence-electron chi connectivity index (χ1n) is 4.46. The second kappa shape index (κ2) is 3.63. The van der Waals surface area contributed by atoms with Crippen LogP contribution in [0, 0.1) is 0 Å². The van der Waals surface area contributed by atoms with E-state index in [2.05, 4.69) is 10.1 Å². The summed E-state index contributed by atoms with van der Waals surface area (Å²) in [6.07, 6.45) is 3.91. The third-order valence-electron chi connectivity index (χ3n) is 2.10. The largest absolute Gasteiger partial charge is 0.342 e. The molecule has 1 atom stereocenters. The zero-order valence-electron chi connectivity index (χ0n) is 7.92. The zero-order valence-corrected chi connectivity index (χ0v) is 7.92. The molecule has 2 rings (SSSR count). The molecule has 0 amide bonds. The number of aromatic nitrogens is 3. The molecule has 0 aliphatic heterocycles. The minimum absolute atomic E-state index is 0.0535. The van der Waals surface area contributed by atoms with E-state index in [1.807, 2.05) is 36.0 Å². The van der Waals surface area contributed by atoms with Crippen molar-refractivity contribution in [2.45, 2.75) is 19.5 Å². The van der Waals surface area contributed by atoms with Crippen LogP contribution in [-0.2, 0) is 6.54 Å². The van der Waals surface area contributed by atoms with Gasteiger partial charge in [0, 0.05) is 12.4 Å². The molecule has 2 N–H and O–H groups in total. The topological polar surface area (TPSA) is 69.9 Å². The van der Waals surface area contributed by atoms with Gasteiger partial charge in [0.1, 0.15) is 6.04 Å². The fraction of sp³-hybridized carbons (Fsp3) is 0.333. The van der Waals surface area contributed by atoms with Crippen LogP contribution in [0.5, 0.6) is 0 Å². The molecule has 2 aromatic rings. The van der Waals surface area contributed by atoms with Crippen LogP contribution in [0.2, 0.25) is 0 Å². The predicted octanol–water partition coefficient (Wildman–Crippen LogP) is 0.939. The Kier molecular flexibility index (Phi) is 2.32. The highest BCUT2D eigenvalue weighted by atomic mass is 16.5. The Balaban J connectivity index is 2.23. The SMILES string of the molecule is C[C@@H](c1nc(CN)no1)n1cccc1. The lowest BCUT2D eigenvalue weighted by Crippen LogP contribution is -2.05. The summed E-state index contributed by atoms with van der Waals surface area (Å²) in [6, 6.07) is 3.96. The van der Waals surface area contributed by atoms with Gasteiger partial charge in [-0.3, -0.25) is 0 Å². The molecule has 2 aromatic heterocycles. The molecular formula is C9H12N4O. The maximum absolute atomic E-state index is 5.39. The predicted molar refractivity (Wildman–Crippen MR) is 50.4 cm³/mol. The van der Waals surface area contributed by atoms with Crippen LogP contribution in [0.1, 0.15) is 24.7 Å². The lowest BCUT2D eigenvalue weighted by molar-refractivity contribution is 0.342. The van der Waals surface area contributed by atoms with Crippen molar-refractivity contribution in [1.29, 1.82) is 0 Å². The standard InChI is InChI=1S/C9H12N4O/c1-7(13-4-2-3-5-13)9-11-8(6-10)12-14-9/h2-5,7H,6,10H2,1H3/t7-/m0/s1. The maximum atomic E-state index is 5.39. The Morgan fingerprint density at radius 1 is 1.50 bits per heavy atom. The van der Waals surface area contributed by atoms with E-state index < -0.39 is 0 Å². The van der Waals surface area contributed by atoms with E-state index in [0.29, 0.717) is 18.3 Å². The molecule has 0 spiro atoms. The number of hydrogen-bond acceptors (Lipinski definition) is 4. The summed E-state index contributed by atoms with van der Waals surface area (Å²) < 4.78 is 7.07. The molecule has 0 aromatic carbocycles. The second-order valence-corrected chi connectivity index (χ2v) is 3.06. The van der Waals surface area contributed by atoms with Crippen LogP contribution in [0.15, 0.2) is 29.0 Å². The fourth-order valence-corrected chi connectivity index (χ4v) is 1.25. The van der Waals surface area contributed by atoms with Crippen molar-refractivity contribution in [2.24, 2.45) is 5.73 Å². The van der Waals surface area contributed by atoms with Gasteiger partial charge in [-0.25, -0.2) is 0 Å². The summed E-state index contributed by atoms with van der Waals surface area (Å²) in [4.78, 5) is 4.16. The van der Waals surface area contributed by atoms with Crippen LogP contribution >= 0.6 is 0 Å². The van der Waals surface area contributed by atoms with Crippen molar-refractivity contribution in [3.05, 3.63) is 36.2 Å². The molecule has 5 heteroatoms. The number of nitrogens with zero attached hydrogens (tertiary/aromatic N) is 3. The fourth-order valence-electron chi connectivity index (χ4n) is 1.25. The molecule has 0 saturated carbocycles. The molecule has 14 heavy (non-hydrogen) atoms. The third kappa shape index (κ3) is 1.54. The number of hydrogen-bond donors (Lipinski definition) is 1. The van der Waals surface area contributed by atoms with Gasteiger partial charge in [-0.1, -0.05) is 5.16 Å². The lowest BCUT2D eigenvalue weighted by Gasteiger charge is -2.07. The van der Waals surface area contributed by atoms with Gasteiger partial charge in [0.05, 0.1) is 6.54 Å². The van der Waals surface area contributed by atoms with Crippen molar-refractivity contribution in [2.75, 3.05) is 0 Å². The van der Waals surface area contributed by atoms with Crippen molar-refractivity contribution in [1.82, 2.24) is 14.7 Å². The van der Waals surface area contributed by atoms with Crippen LogP contribution in [0.25, 0.3) is 0 Å². The van der Waals surface area contributed by atoms with Crippen molar-refractivity contribution < 1.29 is 4.52 Å². The highest BCUT2D eigenvalue weighted by Crippen LogP contribution is 2.15. The molecule has 5 nitrogen and oxygen atoms in total. The Bertz CT molecular complexity index is 393. The van der Waals surface area contributed by atoms with Gasteiger partial charge in [-0.2, -0.15) is 4.98 Å². The summed E-state index contributed by atoms with van der Waals surface area (Å²) >= 11 is 0. The zero-order chi connectivity index (χ0) is 9.97. The quantitative estimate of drug-likeness (QED) is 0.785. The highest BCUT2D eigenvalue weighted by Gasteiger charge is 2.13. The molecule has 0 aliphatic carbocycles. The maximum Gasteiger partial charge on any atom is 0.249 e. The van der Waals surface area contributed by atoms with E-state index in [1.165, 1.54) is 0 Å². The van der Waals surface area contributed by atoms with E-state index in [9.17, 15) is 0 Å². The Morgan fingerprint density at radius 3 is 2.79 bits per heavy atom. The van der Waals surface area contributed by atoms with Gasteiger partial charge >= 0.3 is 0 Å². The summed E-state index contributed by atoms with van der Waals surface area (Å²) in [5.41, 5.74) is 5.39. The summed E-state index contributed by atoms with van der Waals surface area (Å²) in [5.74, 6) is 1.13. The summed E-state index contributed by atoms with van der Waals surface area (Å²) in [5, 5.41) is 3.74.